The quantitative estimate of drug-likeness (QED) is 0.0642. The third-order valence-corrected chi connectivity index (χ3v) is 26.2. The van der Waals surface area contributed by atoms with Crippen LogP contribution >= 0.6 is 18.7 Å². The number of benzene rings is 8. The number of halogens is 1. The number of carbonyl (C=O) groups is 1. The molecule has 8 aromatic carbocycles. The molecule has 3 saturated carbocycles. The first-order valence-electron chi connectivity index (χ1n) is 41.5. The van der Waals surface area contributed by atoms with Gasteiger partial charge in [-0.2, -0.15) is 4.98 Å². The summed E-state index contributed by atoms with van der Waals surface area (Å²) in [4.78, 5) is 22.6. The Morgan fingerprint density at radius 3 is 1.55 bits per heavy atom. The maximum atomic E-state index is 12.7. The molecule has 0 atom stereocenters. The molecule has 13 rings (SSSR count). The van der Waals surface area contributed by atoms with Gasteiger partial charge in [-0.05, 0) is 296 Å². The molecule has 0 bridgehead atoms. The maximum absolute atomic E-state index is 12.7. The Kier molecular flexibility index (Phi) is 28.8. The zero-order valence-corrected chi connectivity index (χ0v) is 70.8. The van der Waals surface area contributed by atoms with Crippen molar-refractivity contribution in [2.75, 3.05) is 62.3 Å². The van der Waals surface area contributed by atoms with Crippen molar-refractivity contribution in [1.29, 1.82) is 0 Å². The van der Waals surface area contributed by atoms with Gasteiger partial charge in [0.15, 0.2) is 5.82 Å². The molecule has 9 nitrogen and oxygen atoms in total. The van der Waals surface area contributed by atoms with Crippen LogP contribution < -0.4 is 25.6 Å². The molecule has 11 heteroatoms. The number of aryl methyl sites for hydroxylation is 4. The van der Waals surface area contributed by atoms with Crippen LogP contribution in [0.1, 0.15) is 254 Å². The first-order chi connectivity index (χ1) is 52.7. The van der Waals surface area contributed by atoms with E-state index in [0.717, 1.165) is 98.4 Å². The summed E-state index contributed by atoms with van der Waals surface area (Å²) >= 11 is 6.36. The number of morpholine rings is 1. The van der Waals surface area contributed by atoms with E-state index in [9.17, 15) is 9.36 Å². The number of ketones is 1. The van der Waals surface area contributed by atoms with E-state index >= 15 is 0 Å². The number of methoxy groups -OCH3 is 1. The number of hydrogen-bond donors (Lipinski definition) is 2. The second kappa shape index (κ2) is 38.1. The highest BCUT2D eigenvalue weighted by Crippen LogP contribution is 2.46. The van der Waals surface area contributed by atoms with Crippen molar-refractivity contribution in [3.63, 3.8) is 0 Å². The average Bonchev–Trinajstić information content (AvgIpc) is 0.822. The molecule has 584 valence electrons. The van der Waals surface area contributed by atoms with Crippen LogP contribution in [-0.4, -0.2) is 62.5 Å². The standard InChI is InChI=1S/C40H54.C36H46O.C23H27ClN5O3P/c1-7-31-26-36(34-20-18-33(19-21-34)32-16-12-28(2)13-17-32)23-22-35(31)24-30-15-14-29(3)38(25-30)27-37-10-8-9-11-39(37)40(4,5)6;1-7-29-23-32(30-16-14-27(15-17-30)20-26(3)37)19-18-31(29)21-28-13-12-25(2)34(22-28)24-33-10-8-9-11-35(33)36(4,5)6;1-31-20-14-16(29-10-12-32-13-11-29)8-9-18(20)27-23-25-15-17(24)22(28-23)26-19-6-4-5-7-21(19)33(2,3)30/h8-11,14-15,22-23,25-26,28,32-34H,7,12-13,16-21,24,27H2,1-6H3;8-13,18-19,22-23,27,30H,7,14-17,20-21,24H2,1-6H3;4-9,14-15H,10-13H2,1-3H3,(H2,25,26,27,28). The van der Waals surface area contributed by atoms with Gasteiger partial charge in [-0.25, -0.2) is 4.98 Å². The van der Waals surface area contributed by atoms with E-state index in [4.69, 9.17) is 21.1 Å². The van der Waals surface area contributed by atoms with Gasteiger partial charge < -0.3 is 34.4 Å². The van der Waals surface area contributed by atoms with Crippen molar-refractivity contribution in [3.8, 4) is 5.75 Å². The van der Waals surface area contributed by atoms with Crippen molar-refractivity contribution >= 4 is 58.7 Å². The smallest absolute Gasteiger partial charge is 0.229 e. The zero-order chi connectivity index (χ0) is 78.3. The molecule has 9 aromatic rings. The Hall–Kier alpha value is -7.81. The maximum Gasteiger partial charge on any atom is 0.229 e. The normalized spacial score (nSPS) is 19.0. The van der Waals surface area contributed by atoms with E-state index in [1.165, 1.54) is 161 Å². The van der Waals surface area contributed by atoms with Crippen molar-refractivity contribution in [2.45, 2.75) is 228 Å². The van der Waals surface area contributed by atoms with Gasteiger partial charge in [-0.1, -0.05) is 220 Å². The molecule has 2 heterocycles. The fourth-order valence-corrected chi connectivity index (χ4v) is 19.2. The molecule has 1 aliphatic heterocycles. The number of ether oxygens (including phenoxy) is 2. The second-order valence-electron chi connectivity index (χ2n) is 35.1. The number of hydrogen-bond acceptors (Lipinski definition) is 9. The van der Waals surface area contributed by atoms with Gasteiger partial charge in [-0.15, -0.1) is 0 Å². The predicted octanol–water partition coefficient (Wildman–Crippen LogP) is 25.1. The minimum Gasteiger partial charge on any atom is -0.494 e. The van der Waals surface area contributed by atoms with Crippen LogP contribution in [0.5, 0.6) is 5.75 Å². The molecular weight excluding hydrogens is 1390 g/mol. The van der Waals surface area contributed by atoms with E-state index in [-0.39, 0.29) is 10.8 Å². The summed E-state index contributed by atoms with van der Waals surface area (Å²) in [5.41, 5.74) is 26.3. The van der Waals surface area contributed by atoms with Gasteiger partial charge in [0, 0.05) is 36.6 Å². The summed E-state index contributed by atoms with van der Waals surface area (Å²) in [5.74, 6) is 6.80. The lowest BCUT2D eigenvalue weighted by molar-refractivity contribution is -0.118. The fourth-order valence-electron chi connectivity index (χ4n) is 17.9. The molecular formula is C99H127ClN5O4P. The van der Waals surface area contributed by atoms with E-state index in [1.54, 1.807) is 38.5 Å². The minimum absolute atomic E-state index is 0.145. The number of carbonyl (C=O) groups excluding carboxylic acids is 1. The minimum atomic E-state index is -2.49. The van der Waals surface area contributed by atoms with E-state index in [0.29, 0.717) is 59.1 Å². The summed E-state index contributed by atoms with van der Waals surface area (Å²) < 4.78 is 23.7. The van der Waals surface area contributed by atoms with E-state index in [2.05, 4.69) is 223 Å². The Balaban J connectivity index is 0.000000164. The Morgan fingerprint density at radius 1 is 0.555 bits per heavy atom. The van der Waals surface area contributed by atoms with Crippen LogP contribution in [0.4, 0.5) is 28.8 Å². The van der Waals surface area contributed by atoms with E-state index < -0.39 is 7.14 Å². The summed E-state index contributed by atoms with van der Waals surface area (Å²) in [5, 5.41) is 7.50. The van der Waals surface area contributed by atoms with Crippen LogP contribution in [-0.2, 0) is 63.5 Å². The molecule has 0 spiro atoms. The van der Waals surface area contributed by atoms with Crippen LogP contribution in [0.3, 0.4) is 0 Å². The molecule has 0 unspecified atom stereocenters. The van der Waals surface area contributed by atoms with Crippen LogP contribution in [0.15, 0.2) is 170 Å². The Morgan fingerprint density at radius 2 is 1.05 bits per heavy atom. The van der Waals surface area contributed by atoms with Gasteiger partial charge in [-0.3, -0.25) is 0 Å². The molecule has 3 aliphatic carbocycles. The molecule has 0 amide bonds. The van der Waals surface area contributed by atoms with E-state index in [1.807, 2.05) is 42.5 Å². The van der Waals surface area contributed by atoms with Gasteiger partial charge in [0.2, 0.25) is 5.95 Å². The fraction of sp³-hybridized carbons (Fsp3) is 0.465. The molecule has 1 saturated heterocycles. The number of nitrogens with one attached hydrogen (secondary N) is 2. The lowest BCUT2D eigenvalue weighted by atomic mass is 9.68. The molecule has 0 radical (unpaired) electrons. The number of anilines is 5. The van der Waals surface area contributed by atoms with Crippen molar-refractivity contribution in [3.05, 3.63) is 264 Å². The largest absolute Gasteiger partial charge is 0.494 e. The second-order valence-corrected chi connectivity index (χ2v) is 38.6. The number of para-hydroxylation sites is 1. The topological polar surface area (TPSA) is 106 Å². The Labute approximate surface area is 666 Å². The van der Waals surface area contributed by atoms with Crippen molar-refractivity contribution < 1.29 is 18.8 Å². The van der Waals surface area contributed by atoms with Crippen LogP contribution in [0.25, 0.3) is 0 Å². The lowest BCUT2D eigenvalue weighted by Crippen LogP contribution is -2.36. The predicted molar refractivity (Wildman–Crippen MR) is 466 cm³/mol. The average molecular weight is 1520 g/mol. The highest BCUT2D eigenvalue weighted by atomic mass is 35.5. The SMILES string of the molecule is CCc1cc(C2CCC(C3CCC(C)CC3)CC2)ccc1Cc1ccc(C)c(Cc2ccccc2C(C)(C)C)c1.CCc1cc(C2CCC(CC(C)=O)CC2)ccc1Cc1ccc(C)c(Cc2ccccc2C(C)(C)C)c1.COc1cc(N2CCOCC2)ccc1Nc1ncc(Cl)c(Nc2ccccc2P(C)(C)=O)n1. The molecule has 4 aliphatic rings. The molecule has 2 N–H and O–H groups in total. The van der Waals surface area contributed by atoms with Crippen molar-refractivity contribution in [2.24, 2.45) is 23.7 Å². The van der Waals surface area contributed by atoms with Crippen LogP contribution in [0, 0.1) is 37.5 Å². The highest BCUT2D eigenvalue weighted by molar-refractivity contribution is 7.70. The highest BCUT2D eigenvalue weighted by Gasteiger charge is 2.32. The monoisotopic (exact) mass is 1520 g/mol. The van der Waals surface area contributed by atoms with Crippen LogP contribution in [0.2, 0.25) is 5.02 Å². The first-order valence-corrected chi connectivity index (χ1v) is 44.5. The molecule has 4 fully saturated rings. The third kappa shape index (κ3) is 22.5. The van der Waals surface area contributed by atoms with Gasteiger partial charge in [0.25, 0.3) is 0 Å². The summed E-state index contributed by atoms with van der Waals surface area (Å²) in [6.45, 7) is 33.8. The van der Waals surface area contributed by atoms with Gasteiger partial charge >= 0.3 is 0 Å². The lowest BCUT2D eigenvalue weighted by Gasteiger charge is -2.37. The molecule has 1 aromatic heterocycles. The Bertz CT molecular complexity index is 4590. The van der Waals surface area contributed by atoms with Gasteiger partial charge in [0.05, 0.1) is 37.9 Å². The molecule has 110 heavy (non-hydrogen) atoms. The zero-order valence-electron chi connectivity index (χ0n) is 69.2. The summed E-state index contributed by atoms with van der Waals surface area (Å²) in [6.07, 6.45) is 25.0. The summed E-state index contributed by atoms with van der Waals surface area (Å²) in [6, 6.07) is 60.4. The van der Waals surface area contributed by atoms with Crippen molar-refractivity contribution in [1.82, 2.24) is 9.97 Å². The number of Topliss-reactive ketones (excluding diaryl/α,β-unsaturated/α-hetero) is 1. The number of nitrogens with zero attached hydrogens (tertiary/aromatic N) is 3. The number of rotatable bonds is 22. The van der Waals surface area contributed by atoms with Gasteiger partial charge in [0.1, 0.15) is 23.7 Å². The first kappa shape index (κ1) is 83.1. The third-order valence-electron chi connectivity index (χ3n) is 24.4. The number of aromatic nitrogens is 2. The summed E-state index contributed by atoms with van der Waals surface area (Å²) in [7, 11) is -0.866.